The topological polar surface area (TPSA) is 20.3 Å². The van der Waals surface area contributed by atoms with Crippen molar-refractivity contribution in [1.82, 2.24) is 4.90 Å². The molecule has 2 nitrogen and oxygen atoms in total. The Kier molecular flexibility index (Phi) is 3.78. The van der Waals surface area contributed by atoms with Crippen LogP contribution in [0.5, 0.6) is 0 Å². The second kappa shape index (κ2) is 5.32. The summed E-state index contributed by atoms with van der Waals surface area (Å²) in [6, 6.07) is 4.18. The first-order valence-electron chi connectivity index (χ1n) is 8.06. The maximum atomic E-state index is 13.2. The molecule has 0 aromatic carbocycles. The summed E-state index contributed by atoms with van der Waals surface area (Å²) in [4.78, 5) is 16.5. The van der Waals surface area contributed by atoms with Gasteiger partial charge in [0.25, 0.3) is 0 Å². The zero-order valence-electron chi connectivity index (χ0n) is 12.8. The van der Waals surface area contributed by atoms with Gasteiger partial charge >= 0.3 is 0 Å². The highest BCUT2D eigenvalue weighted by Crippen LogP contribution is 2.64. The first-order chi connectivity index (χ1) is 10.4. The molecule has 4 bridgehead atoms. The van der Waals surface area contributed by atoms with E-state index in [1.165, 1.54) is 24.1 Å². The average molecular weight is 447 g/mol. The molecule has 1 amide bonds. The highest BCUT2D eigenvalue weighted by molar-refractivity contribution is 9.11. The fourth-order valence-corrected chi connectivity index (χ4v) is 8.54. The van der Waals surface area contributed by atoms with Gasteiger partial charge in [0.15, 0.2) is 0 Å². The highest BCUT2D eigenvalue weighted by Gasteiger charge is 2.60. The number of alkyl halides is 1. The number of amides is 1. The molecular weight excluding hydrogens is 426 g/mol. The Bertz CT molecular complexity index is 600. The molecule has 0 radical (unpaired) electrons. The van der Waals surface area contributed by atoms with Crippen molar-refractivity contribution in [1.29, 1.82) is 0 Å². The Morgan fingerprint density at radius 2 is 2.00 bits per heavy atom. The van der Waals surface area contributed by atoms with Crippen molar-refractivity contribution in [3.05, 3.63) is 20.8 Å². The third kappa shape index (κ3) is 2.61. The number of thiophene rings is 1. The second-order valence-electron chi connectivity index (χ2n) is 7.76. The van der Waals surface area contributed by atoms with Crippen LogP contribution in [0.2, 0.25) is 0 Å². The van der Waals surface area contributed by atoms with Gasteiger partial charge in [-0.3, -0.25) is 4.79 Å². The molecule has 2 unspecified atom stereocenters. The Morgan fingerprint density at radius 3 is 2.55 bits per heavy atom. The van der Waals surface area contributed by atoms with E-state index in [-0.39, 0.29) is 9.74 Å². The second-order valence-corrected chi connectivity index (χ2v) is 12.0. The lowest BCUT2D eigenvalue weighted by Crippen LogP contribution is -2.58. The Balaban J connectivity index is 1.54. The number of carbonyl (C=O) groups is 1. The number of hydrogen-bond donors (Lipinski definition) is 0. The summed E-state index contributed by atoms with van der Waals surface area (Å²) in [7, 11) is 1.98. The van der Waals surface area contributed by atoms with Gasteiger partial charge in [-0.25, -0.2) is 0 Å². The molecule has 1 heterocycles. The fourth-order valence-electron chi connectivity index (χ4n) is 5.55. The minimum Gasteiger partial charge on any atom is -0.340 e. The Morgan fingerprint density at radius 1 is 1.32 bits per heavy atom. The summed E-state index contributed by atoms with van der Waals surface area (Å²) in [5.74, 6) is 1.90. The maximum Gasteiger partial charge on any atom is 0.228 e. The van der Waals surface area contributed by atoms with E-state index in [0.717, 1.165) is 41.4 Å². The molecule has 0 spiro atoms. The summed E-state index contributed by atoms with van der Waals surface area (Å²) >= 11 is 9.24. The molecule has 5 heteroatoms. The molecule has 0 aliphatic heterocycles. The number of nitrogens with zero attached hydrogens (tertiary/aromatic N) is 1. The van der Waals surface area contributed by atoms with Gasteiger partial charge in [0.2, 0.25) is 5.91 Å². The lowest BCUT2D eigenvalue weighted by Gasteiger charge is -2.59. The van der Waals surface area contributed by atoms with Crippen LogP contribution in [0.25, 0.3) is 0 Å². The SMILES string of the molecule is CN(Cc1ccc(Br)s1)C(=O)C12CC3CC(CC(Br)(C3)C1)C2. The van der Waals surface area contributed by atoms with Crippen LogP contribution in [-0.4, -0.2) is 22.2 Å². The average Bonchev–Trinajstić information content (AvgIpc) is 2.80. The van der Waals surface area contributed by atoms with Gasteiger partial charge in [-0.05, 0) is 78.4 Å². The highest BCUT2D eigenvalue weighted by atomic mass is 79.9. The summed E-state index contributed by atoms with van der Waals surface area (Å²) in [5.41, 5.74) is -0.0865. The summed E-state index contributed by atoms with van der Waals surface area (Å²) in [6.45, 7) is 0.738. The molecule has 1 aromatic heterocycles. The van der Waals surface area contributed by atoms with Gasteiger partial charge < -0.3 is 4.90 Å². The maximum absolute atomic E-state index is 13.2. The largest absolute Gasteiger partial charge is 0.340 e. The third-order valence-corrected chi connectivity index (χ3v) is 8.35. The van der Waals surface area contributed by atoms with Crippen molar-refractivity contribution < 1.29 is 4.79 Å². The van der Waals surface area contributed by atoms with Crippen molar-refractivity contribution in [2.75, 3.05) is 7.05 Å². The molecule has 4 aliphatic carbocycles. The van der Waals surface area contributed by atoms with E-state index in [9.17, 15) is 4.79 Å². The number of hydrogen-bond acceptors (Lipinski definition) is 2. The number of carbonyl (C=O) groups excluding carboxylic acids is 1. The molecule has 1 aromatic rings. The van der Waals surface area contributed by atoms with E-state index in [1.807, 2.05) is 11.9 Å². The molecule has 0 N–H and O–H groups in total. The Hall–Kier alpha value is 0.130. The van der Waals surface area contributed by atoms with Crippen molar-refractivity contribution in [3.8, 4) is 0 Å². The van der Waals surface area contributed by atoms with E-state index in [0.29, 0.717) is 5.91 Å². The molecule has 0 saturated heterocycles. The molecular formula is C17H21Br2NOS. The van der Waals surface area contributed by atoms with Gasteiger partial charge in [0, 0.05) is 16.2 Å². The lowest BCUT2D eigenvalue weighted by atomic mass is 9.49. The fraction of sp³-hybridized carbons (Fsp3) is 0.706. The van der Waals surface area contributed by atoms with E-state index < -0.39 is 0 Å². The van der Waals surface area contributed by atoms with E-state index in [4.69, 9.17) is 0 Å². The van der Waals surface area contributed by atoms with Crippen LogP contribution < -0.4 is 0 Å². The normalized spacial score (nSPS) is 39.2. The minimum absolute atomic E-state index is 0.0865. The van der Waals surface area contributed by atoms with Crippen LogP contribution in [-0.2, 0) is 11.3 Å². The first-order valence-corrected chi connectivity index (χ1v) is 10.5. The summed E-state index contributed by atoms with van der Waals surface area (Å²) in [6.07, 6.45) is 7.19. The lowest BCUT2D eigenvalue weighted by molar-refractivity contribution is -0.154. The van der Waals surface area contributed by atoms with Gasteiger partial charge in [-0.15, -0.1) is 11.3 Å². The third-order valence-electron chi connectivity index (χ3n) is 5.81. The van der Waals surface area contributed by atoms with Gasteiger partial charge in [-0.1, -0.05) is 15.9 Å². The smallest absolute Gasteiger partial charge is 0.228 e. The molecule has 4 saturated carbocycles. The molecule has 5 rings (SSSR count). The van der Waals surface area contributed by atoms with E-state index in [2.05, 4.69) is 44.0 Å². The van der Waals surface area contributed by atoms with Crippen LogP contribution in [0.1, 0.15) is 43.4 Å². The molecule has 2 atom stereocenters. The zero-order chi connectivity index (χ0) is 15.5. The summed E-state index contributed by atoms with van der Waals surface area (Å²) < 4.78 is 1.39. The first kappa shape index (κ1) is 15.6. The monoisotopic (exact) mass is 445 g/mol. The predicted molar refractivity (Wildman–Crippen MR) is 97.3 cm³/mol. The molecule has 4 fully saturated rings. The van der Waals surface area contributed by atoms with Crippen LogP contribution in [0.15, 0.2) is 15.9 Å². The van der Waals surface area contributed by atoms with Gasteiger partial charge in [-0.2, -0.15) is 0 Å². The van der Waals surface area contributed by atoms with E-state index in [1.54, 1.807) is 11.3 Å². The zero-order valence-corrected chi connectivity index (χ0v) is 16.8. The van der Waals surface area contributed by atoms with E-state index >= 15 is 0 Å². The molecule has 120 valence electrons. The molecule has 4 aliphatic rings. The quantitative estimate of drug-likeness (QED) is 0.584. The minimum atomic E-state index is -0.0865. The predicted octanol–water partition coefficient (Wildman–Crippen LogP) is 5.20. The van der Waals surface area contributed by atoms with Crippen molar-refractivity contribution in [2.45, 2.75) is 49.4 Å². The Labute approximate surface area is 152 Å². The van der Waals surface area contributed by atoms with Crippen molar-refractivity contribution in [3.63, 3.8) is 0 Å². The number of halogens is 2. The van der Waals surface area contributed by atoms with Crippen LogP contribution in [0.4, 0.5) is 0 Å². The van der Waals surface area contributed by atoms with Crippen LogP contribution in [0.3, 0.4) is 0 Å². The van der Waals surface area contributed by atoms with Crippen LogP contribution in [0, 0.1) is 17.3 Å². The van der Waals surface area contributed by atoms with Crippen molar-refractivity contribution in [2.24, 2.45) is 17.3 Å². The van der Waals surface area contributed by atoms with Crippen LogP contribution >= 0.6 is 43.2 Å². The molecule has 22 heavy (non-hydrogen) atoms. The van der Waals surface area contributed by atoms with Gasteiger partial charge in [0.05, 0.1) is 15.7 Å². The van der Waals surface area contributed by atoms with Gasteiger partial charge in [0.1, 0.15) is 0 Å². The summed E-state index contributed by atoms with van der Waals surface area (Å²) in [5, 5.41) is 0. The standard InChI is InChI=1S/C17H21Br2NOS/c1-20(9-13-2-3-14(18)22-13)15(21)16-5-11-4-12(6-16)8-17(19,7-11)10-16/h2-3,11-12H,4-10H2,1H3. The van der Waals surface area contributed by atoms with Crippen molar-refractivity contribution >= 4 is 49.1 Å². The number of rotatable bonds is 3.